The Hall–Kier alpha value is -3.98. The summed E-state index contributed by atoms with van der Waals surface area (Å²) in [5.41, 5.74) is 1.69. The topological polar surface area (TPSA) is 92.0 Å². The lowest BCUT2D eigenvalue weighted by Crippen LogP contribution is -2.25. The molecule has 0 bridgehead atoms. The van der Waals surface area contributed by atoms with Crippen LogP contribution in [0.1, 0.15) is 19.4 Å². The van der Waals surface area contributed by atoms with Gasteiger partial charge in [-0.05, 0) is 54.0 Å². The van der Waals surface area contributed by atoms with Crippen molar-refractivity contribution in [3.05, 3.63) is 87.1 Å². The summed E-state index contributed by atoms with van der Waals surface area (Å²) in [6.45, 7) is 3.82. The molecule has 1 aromatic heterocycles. The van der Waals surface area contributed by atoms with Crippen molar-refractivity contribution in [2.45, 2.75) is 20.0 Å². The zero-order valence-corrected chi connectivity index (χ0v) is 21.6. The molecule has 0 aliphatic heterocycles. The summed E-state index contributed by atoms with van der Waals surface area (Å²) in [4.78, 5) is 29.9. The molecule has 0 saturated heterocycles. The summed E-state index contributed by atoms with van der Waals surface area (Å²) in [6.07, 6.45) is 0.723. The summed E-state index contributed by atoms with van der Waals surface area (Å²) >= 11 is 3.53. The number of hydrogen-bond donors (Lipinski definition) is 0. The predicted octanol–water partition coefficient (Wildman–Crippen LogP) is 5.05. The monoisotopic (exact) mass is 549 g/mol. The molecule has 1 atom stereocenters. The quantitative estimate of drug-likeness (QED) is 0.225. The Morgan fingerprint density at radius 2 is 1.83 bits per heavy atom. The van der Waals surface area contributed by atoms with E-state index < -0.39 is 12.1 Å². The first-order valence-corrected chi connectivity index (χ1v) is 12.0. The van der Waals surface area contributed by atoms with E-state index in [4.69, 9.17) is 19.2 Å². The summed E-state index contributed by atoms with van der Waals surface area (Å²) in [7, 11) is 1.30. The SMILES string of the molecule is CCOc1cc(C=Nn2c(-c3ccccc3)nc3ccccc3c2=O)c(Br)cc1O[C@H](C)C(=O)OC. The van der Waals surface area contributed by atoms with Gasteiger partial charge in [0.15, 0.2) is 23.4 Å². The molecule has 0 fully saturated rings. The number of fused-ring (bicyclic) bond motifs is 1. The van der Waals surface area contributed by atoms with Crippen molar-refractivity contribution < 1.29 is 19.0 Å². The first-order valence-electron chi connectivity index (χ1n) is 11.2. The van der Waals surface area contributed by atoms with Crippen molar-refractivity contribution in [2.24, 2.45) is 5.10 Å². The van der Waals surface area contributed by atoms with Crippen molar-refractivity contribution >= 4 is 39.0 Å². The molecule has 0 radical (unpaired) electrons. The molecule has 0 amide bonds. The van der Waals surface area contributed by atoms with Crippen LogP contribution in [0.4, 0.5) is 0 Å². The van der Waals surface area contributed by atoms with Crippen LogP contribution in [0.5, 0.6) is 11.5 Å². The number of methoxy groups -OCH3 is 1. The van der Waals surface area contributed by atoms with E-state index in [9.17, 15) is 9.59 Å². The third-order valence-electron chi connectivity index (χ3n) is 5.30. The maximum atomic E-state index is 13.4. The van der Waals surface area contributed by atoms with Gasteiger partial charge in [0.25, 0.3) is 5.56 Å². The van der Waals surface area contributed by atoms with E-state index in [1.165, 1.54) is 11.8 Å². The highest BCUT2D eigenvalue weighted by Crippen LogP contribution is 2.34. The molecule has 4 rings (SSSR count). The van der Waals surface area contributed by atoms with Crippen molar-refractivity contribution in [3.63, 3.8) is 0 Å². The molecular formula is C27H24BrN3O5. The van der Waals surface area contributed by atoms with Gasteiger partial charge in [0.05, 0.1) is 30.8 Å². The van der Waals surface area contributed by atoms with Crippen LogP contribution in [-0.2, 0) is 9.53 Å². The van der Waals surface area contributed by atoms with Gasteiger partial charge in [-0.1, -0.05) is 42.5 Å². The average molecular weight is 550 g/mol. The second-order valence-corrected chi connectivity index (χ2v) is 8.57. The molecule has 0 spiro atoms. The van der Waals surface area contributed by atoms with Crippen LogP contribution >= 0.6 is 15.9 Å². The van der Waals surface area contributed by atoms with E-state index in [2.05, 4.69) is 21.0 Å². The predicted molar refractivity (Wildman–Crippen MR) is 142 cm³/mol. The van der Waals surface area contributed by atoms with Gasteiger partial charge >= 0.3 is 5.97 Å². The normalized spacial score (nSPS) is 12.0. The van der Waals surface area contributed by atoms with Crippen molar-refractivity contribution in [1.29, 1.82) is 0 Å². The van der Waals surface area contributed by atoms with Gasteiger partial charge in [-0.2, -0.15) is 9.78 Å². The molecule has 8 nitrogen and oxygen atoms in total. The highest BCUT2D eigenvalue weighted by atomic mass is 79.9. The molecule has 0 unspecified atom stereocenters. The number of benzene rings is 3. The number of aromatic nitrogens is 2. The molecule has 36 heavy (non-hydrogen) atoms. The number of hydrogen-bond acceptors (Lipinski definition) is 7. The van der Waals surface area contributed by atoms with Gasteiger partial charge in [0.1, 0.15) is 0 Å². The Labute approximate surface area is 216 Å². The van der Waals surface area contributed by atoms with E-state index in [0.717, 1.165) is 5.56 Å². The molecule has 0 N–H and O–H groups in total. The molecule has 0 saturated carbocycles. The summed E-state index contributed by atoms with van der Waals surface area (Å²) in [5.74, 6) is 0.706. The fourth-order valence-electron chi connectivity index (χ4n) is 3.54. The molecule has 0 aliphatic rings. The van der Waals surface area contributed by atoms with E-state index >= 15 is 0 Å². The van der Waals surface area contributed by atoms with Gasteiger partial charge in [-0.25, -0.2) is 9.78 Å². The Kier molecular flexibility index (Phi) is 7.80. The van der Waals surface area contributed by atoms with E-state index in [1.807, 2.05) is 43.3 Å². The number of carbonyl (C=O) groups is 1. The fourth-order valence-corrected chi connectivity index (χ4v) is 3.96. The number of esters is 1. The number of ether oxygens (including phenoxy) is 3. The minimum absolute atomic E-state index is 0.288. The first kappa shape index (κ1) is 25.1. The smallest absolute Gasteiger partial charge is 0.346 e. The van der Waals surface area contributed by atoms with Gasteiger partial charge in [-0.15, -0.1) is 0 Å². The van der Waals surface area contributed by atoms with Gasteiger partial charge in [0, 0.05) is 15.6 Å². The molecule has 1 heterocycles. The van der Waals surface area contributed by atoms with Gasteiger partial charge in [-0.3, -0.25) is 4.79 Å². The van der Waals surface area contributed by atoms with Crippen molar-refractivity contribution in [3.8, 4) is 22.9 Å². The second-order valence-electron chi connectivity index (χ2n) is 7.72. The number of rotatable bonds is 8. The molecule has 3 aromatic carbocycles. The Morgan fingerprint density at radius 1 is 1.11 bits per heavy atom. The lowest BCUT2D eigenvalue weighted by Gasteiger charge is -2.17. The lowest BCUT2D eigenvalue weighted by molar-refractivity contribution is -0.147. The zero-order chi connectivity index (χ0) is 25.7. The van der Waals surface area contributed by atoms with Crippen LogP contribution in [0.25, 0.3) is 22.3 Å². The maximum Gasteiger partial charge on any atom is 0.346 e. The Bertz CT molecular complexity index is 1480. The molecule has 9 heteroatoms. The maximum absolute atomic E-state index is 13.4. The number of carbonyl (C=O) groups excluding carboxylic acids is 1. The van der Waals surface area contributed by atoms with Gasteiger partial charge in [0.2, 0.25) is 0 Å². The summed E-state index contributed by atoms with van der Waals surface area (Å²) in [5, 5.41) is 4.97. The highest BCUT2D eigenvalue weighted by Gasteiger charge is 2.19. The fraction of sp³-hybridized carbons (Fsp3) is 0.185. The van der Waals surface area contributed by atoms with Crippen LogP contribution in [0.15, 0.2) is 81.1 Å². The lowest BCUT2D eigenvalue weighted by atomic mass is 10.2. The zero-order valence-electron chi connectivity index (χ0n) is 20.0. The van der Waals surface area contributed by atoms with Crippen LogP contribution in [-0.4, -0.2) is 41.7 Å². The molecule has 0 aliphatic carbocycles. The van der Waals surface area contributed by atoms with Crippen LogP contribution in [0.2, 0.25) is 0 Å². The molecule has 184 valence electrons. The summed E-state index contributed by atoms with van der Waals surface area (Å²) in [6, 6.07) is 20.0. The van der Waals surface area contributed by atoms with Crippen LogP contribution < -0.4 is 15.0 Å². The average Bonchev–Trinajstić information content (AvgIpc) is 2.90. The largest absolute Gasteiger partial charge is 0.490 e. The minimum atomic E-state index is -0.823. The summed E-state index contributed by atoms with van der Waals surface area (Å²) < 4.78 is 18.1. The molecular weight excluding hydrogens is 526 g/mol. The number of para-hydroxylation sites is 1. The number of halogens is 1. The Balaban J connectivity index is 1.80. The van der Waals surface area contributed by atoms with E-state index in [-0.39, 0.29) is 5.56 Å². The standard InChI is InChI=1S/C27H24BrN3O5/c1-4-35-23-14-19(21(28)15-24(23)36-17(2)27(33)34-3)16-29-31-25(18-10-6-5-7-11-18)30-22-13-9-8-12-20(22)26(31)32/h5-17H,4H2,1-3H3/t17-/m1/s1. The van der Waals surface area contributed by atoms with Gasteiger partial charge < -0.3 is 14.2 Å². The highest BCUT2D eigenvalue weighted by molar-refractivity contribution is 9.10. The van der Waals surface area contributed by atoms with E-state index in [0.29, 0.717) is 44.9 Å². The number of nitrogens with zero attached hydrogens (tertiary/aromatic N) is 3. The second kappa shape index (κ2) is 11.2. The van der Waals surface area contributed by atoms with E-state index in [1.54, 1.807) is 43.5 Å². The third-order valence-corrected chi connectivity index (χ3v) is 5.98. The van der Waals surface area contributed by atoms with Crippen molar-refractivity contribution in [1.82, 2.24) is 9.66 Å². The van der Waals surface area contributed by atoms with Crippen LogP contribution in [0.3, 0.4) is 0 Å². The minimum Gasteiger partial charge on any atom is -0.490 e. The Morgan fingerprint density at radius 3 is 2.56 bits per heavy atom. The first-order chi connectivity index (χ1) is 17.4. The van der Waals surface area contributed by atoms with Crippen LogP contribution in [0, 0.1) is 0 Å². The van der Waals surface area contributed by atoms with Crippen molar-refractivity contribution in [2.75, 3.05) is 13.7 Å². The molecule has 4 aromatic rings. The third kappa shape index (κ3) is 5.31.